The highest BCUT2D eigenvalue weighted by Crippen LogP contribution is 2.50. The molecule has 1 aliphatic heterocycles. The van der Waals surface area contributed by atoms with Gasteiger partial charge in [-0.2, -0.15) is 10.1 Å². The smallest absolute Gasteiger partial charge is 0.254 e. The molecule has 2 aromatic rings. The van der Waals surface area contributed by atoms with Crippen LogP contribution in [0.4, 0.5) is 0 Å². The van der Waals surface area contributed by atoms with Crippen molar-refractivity contribution in [1.29, 1.82) is 0 Å². The van der Waals surface area contributed by atoms with Gasteiger partial charge in [-0.15, -0.1) is 0 Å². The highest BCUT2D eigenvalue weighted by Gasteiger charge is 2.59. The minimum Gasteiger partial charge on any atom is -0.349 e. The summed E-state index contributed by atoms with van der Waals surface area (Å²) in [6.45, 7) is 2.41. The second kappa shape index (κ2) is 6.13. The number of carbonyl (C=O) groups excluding carboxylic acids is 1. The molecule has 2 fully saturated rings. The van der Waals surface area contributed by atoms with E-state index >= 15 is 0 Å². The quantitative estimate of drug-likeness (QED) is 0.764. The van der Waals surface area contributed by atoms with Crippen molar-refractivity contribution in [3.8, 4) is 0 Å². The predicted octanol–water partition coefficient (Wildman–Crippen LogP) is -0.167. The molecule has 4 rings (SSSR count). The first-order valence-electron chi connectivity index (χ1n) is 8.73. The lowest BCUT2D eigenvalue weighted by molar-refractivity contribution is 0.0934. The molecule has 1 N–H and O–H groups in total. The normalized spacial score (nSPS) is 28.4. The Labute approximate surface area is 157 Å². The van der Waals surface area contributed by atoms with E-state index < -0.39 is 15.4 Å². The van der Waals surface area contributed by atoms with Gasteiger partial charge in [0.15, 0.2) is 5.82 Å². The fraction of sp³-hybridized carbons (Fsp3) is 0.625. The van der Waals surface area contributed by atoms with Crippen LogP contribution in [-0.4, -0.2) is 63.9 Å². The molecular weight excluding hydrogens is 372 g/mol. The van der Waals surface area contributed by atoms with Crippen LogP contribution in [0.3, 0.4) is 0 Å². The van der Waals surface area contributed by atoms with Crippen LogP contribution in [-0.2, 0) is 22.5 Å². The third-order valence-electron chi connectivity index (χ3n) is 5.57. The molecule has 11 heteroatoms. The van der Waals surface area contributed by atoms with E-state index in [1.165, 1.54) is 16.8 Å². The Hall–Kier alpha value is -2.27. The molecule has 0 spiro atoms. The van der Waals surface area contributed by atoms with Crippen LogP contribution in [0.15, 0.2) is 16.9 Å². The zero-order chi connectivity index (χ0) is 19.4. The van der Waals surface area contributed by atoms with Crippen LogP contribution in [0, 0.1) is 12.8 Å². The van der Waals surface area contributed by atoms with Crippen molar-refractivity contribution in [2.75, 3.05) is 19.3 Å². The molecule has 0 unspecified atom stereocenters. The number of hydrogen-bond acceptors (Lipinski definition) is 7. The van der Waals surface area contributed by atoms with Gasteiger partial charge in [0.25, 0.3) is 5.91 Å². The number of aromatic nitrogens is 4. The first kappa shape index (κ1) is 18.1. The Kier molecular flexibility index (Phi) is 4.11. The molecule has 27 heavy (non-hydrogen) atoms. The van der Waals surface area contributed by atoms with Crippen molar-refractivity contribution in [2.45, 2.75) is 31.2 Å². The summed E-state index contributed by atoms with van der Waals surface area (Å²) in [6, 6.07) is -0.100. The Bertz CT molecular complexity index is 983. The molecule has 1 saturated carbocycles. The molecule has 3 heterocycles. The third kappa shape index (κ3) is 3.14. The summed E-state index contributed by atoms with van der Waals surface area (Å²) in [4.78, 5) is 16.9. The molecule has 10 nitrogen and oxygen atoms in total. The Morgan fingerprint density at radius 2 is 2.22 bits per heavy atom. The van der Waals surface area contributed by atoms with E-state index in [9.17, 15) is 13.2 Å². The van der Waals surface area contributed by atoms with Crippen LogP contribution in [0.5, 0.6) is 0 Å². The third-order valence-corrected chi connectivity index (χ3v) is 6.78. The molecular formula is C16H22N6O4S. The zero-order valence-electron chi connectivity index (χ0n) is 15.4. The number of aryl methyl sites for hydroxylation is 2. The number of carbonyl (C=O) groups is 1. The SMILES string of the molecule is Cc1noc([C@]23C[C@H](NC(=O)c4cnn(C)c4)C[C@H]2CN(S(C)(=O)=O)C3)n1. The number of nitrogens with one attached hydrogen (secondary N) is 1. The number of nitrogens with zero attached hydrogens (tertiary/aromatic N) is 5. The van der Waals surface area contributed by atoms with Gasteiger partial charge in [0.1, 0.15) is 0 Å². The van der Waals surface area contributed by atoms with Crippen molar-refractivity contribution in [3.63, 3.8) is 0 Å². The van der Waals surface area contributed by atoms with E-state index in [1.807, 2.05) is 0 Å². The lowest BCUT2D eigenvalue weighted by atomic mass is 9.80. The van der Waals surface area contributed by atoms with E-state index in [1.54, 1.807) is 24.9 Å². The molecule has 0 aromatic carbocycles. The van der Waals surface area contributed by atoms with Crippen LogP contribution in [0.2, 0.25) is 0 Å². The van der Waals surface area contributed by atoms with Crippen molar-refractivity contribution >= 4 is 15.9 Å². The Balaban J connectivity index is 1.58. The van der Waals surface area contributed by atoms with Gasteiger partial charge in [0.05, 0.1) is 23.4 Å². The largest absolute Gasteiger partial charge is 0.349 e. The molecule has 1 saturated heterocycles. The summed E-state index contributed by atoms with van der Waals surface area (Å²) in [6.07, 6.45) is 5.60. The molecule has 3 atom stereocenters. The van der Waals surface area contributed by atoms with Crippen LogP contribution >= 0.6 is 0 Å². The molecule has 2 aliphatic rings. The van der Waals surface area contributed by atoms with Crippen LogP contribution in [0.1, 0.15) is 34.9 Å². The standard InChI is InChI=1S/C16H22N6O4S/c1-10-18-15(26-20-10)16-5-13(19-14(23)11-6-17-21(2)7-11)4-12(16)8-22(9-16)27(3,24)25/h6-7,12-13H,4-5,8-9H2,1-3H3,(H,19,23)/t12-,13+,16-/m0/s1. The topological polar surface area (TPSA) is 123 Å². The zero-order valence-corrected chi connectivity index (χ0v) is 16.2. The maximum Gasteiger partial charge on any atom is 0.254 e. The van der Waals surface area contributed by atoms with E-state index in [-0.39, 0.29) is 24.4 Å². The number of rotatable bonds is 4. The minimum atomic E-state index is -3.32. The van der Waals surface area contributed by atoms with Gasteiger partial charge in [-0.3, -0.25) is 9.48 Å². The van der Waals surface area contributed by atoms with Crippen LogP contribution in [0.25, 0.3) is 0 Å². The summed E-state index contributed by atoms with van der Waals surface area (Å²) in [5, 5.41) is 10.9. The fourth-order valence-electron chi connectivity index (χ4n) is 4.33. The summed E-state index contributed by atoms with van der Waals surface area (Å²) >= 11 is 0. The number of amides is 1. The maximum atomic E-state index is 12.5. The van der Waals surface area contributed by atoms with E-state index in [0.717, 1.165) is 0 Å². The van der Waals surface area contributed by atoms with Gasteiger partial charge in [-0.05, 0) is 25.7 Å². The van der Waals surface area contributed by atoms with Gasteiger partial charge in [-0.25, -0.2) is 12.7 Å². The molecule has 146 valence electrons. The Morgan fingerprint density at radius 1 is 1.44 bits per heavy atom. The fourth-order valence-corrected chi connectivity index (χ4v) is 5.24. The lowest BCUT2D eigenvalue weighted by Crippen LogP contribution is -2.39. The van der Waals surface area contributed by atoms with Crippen molar-refractivity contribution in [2.24, 2.45) is 13.0 Å². The first-order chi connectivity index (χ1) is 12.7. The lowest BCUT2D eigenvalue weighted by Gasteiger charge is -2.24. The molecule has 0 radical (unpaired) electrons. The summed E-state index contributed by atoms with van der Waals surface area (Å²) in [7, 11) is -1.57. The van der Waals surface area contributed by atoms with Crippen molar-refractivity contribution in [3.05, 3.63) is 29.7 Å². The van der Waals surface area contributed by atoms with E-state index in [4.69, 9.17) is 4.52 Å². The number of sulfonamides is 1. The van der Waals surface area contributed by atoms with Crippen molar-refractivity contribution in [1.82, 2.24) is 29.5 Å². The summed E-state index contributed by atoms with van der Waals surface area (Å²) < 4.78 is 32.6. The first-order valence-corrected chi connectivity index (χ1v) is 10.6. The second-order valence-electron chi connectivity index (χ2n) is 7.57. The van der Waals surface area contributed by atoms with Gasteiger partial charge in [0, 0.05) is 32.4 Å². The van der Waals surface area contributed by atoms with Gasteiger partial charge >= 0.3 is 0 Å². The van der Waals surface area contributed by atoms with E-state index in [2.05, 4.69) is 20.6 Å². The van der Waals surface area contributed by atoms with Gasteiger partial charge in [0.2, 0.25) is 15.9 Å². The summed E-state index contributed by atoms with van der Waals surface area (Å²) in [5.74, 6) is 0.782. The molecule has 2 aromatic heterocycles. The minimum absolute atomic E-state index is 0.00581. The van der Waals surface area contributed by atoms with Crippen molar-refractivity contribution < 1.29 is 17.7 Å². The average molecular weight is 394 g/mol. The monoisotopic (exact) mass is 394 g/mol. The average Bonchev–Trinajstić information content (AvgIpc) is 3.29. The van der Waals surface area contributed by atoms with E-state index in [0.29, 0.717) is 36.7 Å². The van der Waals surface area contributed by atoms with Gasteiger partial charge in [-0.1, -0.05) is 5.16 Å². The highest BCUT2D eigenvalue weighted by atomic mass is 32.2. The Morgan fingerprint density at radius 3 is 2.81 bits per heavy atom. The number of fused-ring (bicyclic) bond motifs is 1. The molecule has 1 amide bonds. The van der Waals surface area contributed by atoms with Crippen LogP contribution < -0.4 is 5.32 Å². The summed E-state index contributed by atoms with van der Waals surface area (Å²) in [5.41, 5.74) is -0.0768. The molecule has 1 aliphatic carbocycles. The maximum absolute atomic E-state index is 12.5. The molecule has 0 bridgehead atoms. The van der Waals surface area contributed by atoms with Gasteiger partial charge < -0.3 is 9.84 Å². The number of hydrogen-bond donors (Lipinski definition) is 1. The highest BCUT2D eigenvalue weighted by molar-refractivity contribution is 7.88. The second-order valence-corrected chi connectivity index (χ2v) is 9.55. The predicted molar refractivity (Wildman–Crippen MR) is 94.3 cm³/mol.